The van der Waals surface area contributed by atoms with Crippen LogP contribution in [0.3, 0.4) is 0 Å². The molecule has 2 aromatic carbocycles. The van der Waals surface area contributed by atoms with Crippen LogP contribution in [-0.2, 0) is 14.9 Å². The van der Waals surface area contributed by atoms with Crippen LogP contribution in [-0.4, -0.2) is 34.7 Å². The lowest BCUT2D eigenvalue weighted by Crippen LogP contribution is -2.29. The van der Waals surface area contributed by atoms with Gasteiger partial charge in [-0.05, 0) is 54.7 Å². The van der Waals surface area contributed by atoms with Gasteiger partial charge in [0.05, 0.1) is 24.6 Å². The van der Waals surface area contributed by atoms with E-state index in [2.05, 4.69) is 5.32 Å². The maximum Gasteiger partial charge on any atom is 0.255 e. The van der Waals surface area contributed by atoms with E-state index in [1.165, 1.54) is 38.4 Å². The molecule has 0 aliphatic heterocycles. The number of benzene rings is 2. The van der Waals surface area contributed by atoms with Crippen LogP contribution in [0.4, 0.5) is 10.1 Å². The number of nitrogens with zero attached hydrogens (tertiary/aromatic N) is 1. The zero-order valence-electron chi connectivity index (χ0n) is 16.7. The van der Waals surface area contributed by atoms with Crippen molar-refractivity contribution >= 4 is 32.6 Å². The molecule has 4 rings (SSSR count). The monoisotopic (exact) mass is 432 g/mol. The quantitative estimate of drug-likeness (QED) is 0.599. The third-order valence-electron chi connectivity index (χ3n) is 5.08. The van der Waals surface area contributed by atoms with Gasteiger partial charge in [-0.2, -0.15) is 0 Å². The van der Waals surface area contributed by atoms with E-state index in [9.17, 15) is 17.6 Å². The average molecular weight is 432 g/mol. The van der Waals surface area contributed by atoms with Gasteiger partial charge < -0.3 is 9.73 Å². The second kappa shape index (κ2) is 7.41. The van der Waals surface area contributed by atoms with E-state index in [0.29, 0.717) is 27.8 Å². The highest BCUT2D eigenvalue weighted by molar-refractivity contribution is 7.91. The van der Waals surface area contributed by atoms with Crippen molar-refractivity contribution in [3.05, 3.63) is 53.3 Å². The van der Waals surface area contributed by atoms with Gasteiger partial charge in [0.25, 0.3) is 15.9 Å². The third-order valence-corrected chi connectivity index (χ3v) is 6.03. The maximum absolute atomic E-state index is 13.4. The number of furan rings is 1. The Morgan fingerprint density at radius 3 is 2.43 bits per heavy atom. The summed E-state index contributed by atoms with van der Waals surface area (Å²) in [5, 5.41) is 3.17. The van der Waals surface area contributed by atoms with Gasteiger partial charge in [0.1, 0.15) is 17.2 Å². The Morgan fingerprint density at radius 1 is 1.23 bits per heavy atom. The van der Waals surface area contributed by atoms with E-state index in [4.69, 9.17) is 9.25 Å². The molecular weight excluding hydrogens is 411 g/mol. The number of sulfonamides is 1. The molecule has 1 fully saturated rings. The minimum atomic E-state index is -3.70. The highest BCUT2D eigenvalue weighted by Gasteiger charge is 2.33. The Balaban J connectivity index is 2.01. The predicted molar refractivity (Wildman–Crippen MR) is 111 cm³/mol. The summed E-state index contributed by atoms with van der Waals surface area (Å²) in [5.41, 5.74) is 2.31. The van der Waals surface area contributed by atoms with Crippen LogP contribution in [0.2, 0.25) is 0 Å². The summed E-state index contributed by atoms with van der Waals surface area (Å²) in [7, 11) is -0.900. The largest absolute Gasteiger partial charge is 0.455 e. The first-order chi connectivity index (χ1) is 14.2. The number of fused-ring (bicyclic) bond motifs is 1. The van der Waals surface area contributed by atoms with Gasteiger partial charge in [-0.3, -0.25) is 9.63 Å². The highest BCUT2D eigenvalue weighted by Crippen LogP contribution is 2.48. The van der Waals surface area contributed by atoms with Crippen LogP contribution in [0.15, 0.2) is 40.8 Å². The minimum Gasteiger partial charge on any atom is -0.455 e. The first kappa shape index (κ1) is 20.4. The molecule has 3 aromatic rings. The topological polar surface area (TPSA) is 88.8 Å². The summed E-state index contributed by atoms with van der Waals surface area (Å²) in [6, 6.07) is 9.00. The predicted octanol–water partition coefficient (Wildman–Crippen LogP) is 3.80. The number of rotatable bonds is 6. The van der Waals surface area contributed by atoms with Crippen LogP contribution in [0.1, 0.15) is 34.7 Å². The Morgan fingerprint density at radius 2 is 1.90 bits per heavy atom. The number of halogens is 1. The molecule has 158 valence electrons. The van der Waals surface area contributed by atoms with Crippen LogP contribution < -0.4 is 9.79 Å². The summed E-state index contributed by atoms with van der Waals surface area (Å²) in [6.07, 6.45) is 2.88. The zero-order chi connectivity index (χ0) is 21.6. The average Bonchev–Trinajstić information content (AvgIpc) is 3.47. The number of nitrogens with one attached hydrogen (secondary N) is 1. The molecule has 1 aromatic heterocycles. The normalized spacial score (nSPS) is 14.1. The van der Waals surface area contributed by atoms with Crippen molar-refractivity contribution in [1.29, 1.82) is 0 Å². The van der Waals surface area contributed by atoms with Crippen molar-refractivity contribution in [3.63, 3.8) is 0 Å². The lowest BCUT2D eigenvalue weighted by molar-refractivity contribution is 0.0964. The molecule has 1 aliphatic carbocycles. The lowest BCUT2D eigenvalue weighted by atomic mass is 10.0. The Hall–Kier alpha value is -2.91. The number of hydrogen-bond acceptors (Lipinski definition) is 5. The van der Waals surface area contributed by atoms with Crippen molar-refractivity contribution in [2.75, 3.05) is 24.9 Å². The smallest absolute Gasteiger partial charge is 0.255 e. The van der Waals surface area contributed by atoms with Gasteiger partial charge in [0, 0.05) is 24.1 Å². The first-order valence-corrected chi connectivity index (χ1v) is 11.2. The summed E-state index contributed by atoms with van der Waals surface area (Å²) in [4.78, 5) is 17.9. The molecule has 0 bridgehead atoms. The van der Waals surface area contributed by atoms with E-state index in [1.54, 1.807) is 12.1 Å². The Bertz CT molecular complexity index is 1230. The molecule has 1 heterocycles. The maximum atomic E-state index is 13.4. The van der Waals surface area contributed by atoms with Crippen molar-refractivity contribution < 1.29 is 26.9 Å². The molecule has 9 heteroatoms. The number of carbonyl (C=O) groups excluding carboxylic acids is 1. The molecule has 0 radical (unpaired) electrons. The highest BCUT2D eigenvalue weighted by atomic mass is 32.2. The summed E-state index contributed by atoms with van der Waals surface area (Å²) >= 11 is 0. The van der Waals surface area contributed by atoms with E-state index in [0.717, 1.165) is 29.1 Å². The van der Waals surface area contributed by atoms with Crippen molar-refractivity contribution in [3.8, 4) is 11.3 Å². The molecule has 1 aliphatic rings. The van der Waals surface area contributed by atoms with Gasteiger partial charge in [-0.15, -0.1) is 4.47 Å². The molecule has 7 nitrogen and oxygen atoms in total. The molecular formula is C21H21FN2O5S. The first-order valence-electron chi connectivity index (χ1n) is 9.37. The molecule has 1 N–H and O–H groups in total. The van der Waals surface area contributed by atoms with Crippen LogP contribution in [0.5, 0.6) is 0 Å². The van der Waals surface area contributed by atoms with Crippen LogP contribution in [0, 0.1) is 5.82 Å². The van der Waals surface area contributed by atoms with Gasteiger partial charge in [-0.25, -0.2) is 12.8 Å². The number of hydrogen-bond donors (Lipinski definition) is 1. The standard InChI is InChI=1S/C21H21FN2O5S/c1-23-21(25)19-16-10-15(12-4-5-12)17(24(28-2)30(3,26)27)11-18(16)29-20(19)13-6-8-14(22)9-7-13/h6-12H,4-5H2,1-3H3,(H,23,25). The molecule has 30 heavy (non-hydrogen) atoms. The molecule has 0 spiro atoms. The van der Waals surface area contributed by atoms with Gasteiger partial charge in [-0.1, -0.05) is 0 Å². The lowest BCUT2D eigenvalue weighted by Gasteiger charge is -2.22. The summed E-state index contributed by atoms with van der Waals surface area (Å²) < 4.78 is 44.7. The van der Waals surface area contributed by atoms with E-state index < -0.39 is 15.8 Å². The number of carbonyl (C=O) groups is 1. The van der Waals surface area contributed by atoms with Crippen molar-refractivity contribution in [2.45, 2.75) is 18.8 Å². The molecule has 0 saturated heterocycles. The van der Waals surface area contributed by atoms with Crippen LogP contribution in [0.25, 0.3) is 22.3 Å². The fourth-order valence-electron chi connectivity index (χ4n) is 3.60. The summed E-state index contributed by atoms with van der Waals surface area (Å²) in [6.45, 7) is 0. The van der Waals surface area contributed by atoms with E-state index >= 15 is 0 Å². The second-order valence-electron chi connectivity index (χ2n) is 7.25. The molecule has 1 saturated carbocycles. The Kier molecular flexibility index (Phi) is 5.03. The number of amides is 1. The van der Waals surface area contributed by atoms with Gasteiger partial charge >= 0.3 is 0 Å². The van der Waals surface area contributed by atoms with E-state index in [1.807, 2.05) is 0 Å². The number of anilines is 1. The Labute approximate surface area is 173 Å². The van der Waals surface area contributed by atoms with E-state index in [-0.39, 0.29) is 17.6 Å². The minimum absolute atomic E-state index is 0.172. The fourth-order valence-corrected chi connectivity index (χ4v) is 4.38. The third kappa shape index (κ3) is 3.54. The van der Waals surface area contributed by atoms with Crippen molar-refractivity contribution in [2.24, 2.45) is 0 Å². The fraction of sp³-hybridized carbons (Fsp3) is 0.286. The van der Waals surface area contributed by atoms with Gasteiger partial charge in [0.15, 0.2) is 0 Å². The van der Waals surface area contributed by atoms with Gasteiger partial charge in [0.2, 0.25) is 0 Å². The molecule has 0 unspecified atom stereocenters. The molecule has 1 amide bonds. The second-order valence-corrected chi connectivity index (χ2v) is 9.04. The molecule has 0 atom stereocenters. The SMILES string of the molecule is CNC(=O)c1c(-c2ccc(F)cc2)oc2cc(N(OC)S(C)(=O)=O)c(C3CC3)cc12. The van der Waals surface area contributed by atoms with Crippen LogP contribution >= 0.6 is 0 Å². The zero-order valence-corrected chi connectivity index (χ0v) is 17.5. The summed E-state index contributed by atoms with van der Waals surface area (Å²) in [5.74, 6) is -0.301. The van der Waals surface area contributed by atoms with Crippen molar-refractivity contribution in [1.82, 2.24) is 5.32 Å².